The molecule has 1 N–H and O–H groups in total. The molecule has 1 aliphatic heterocycles. The summed E-state index contributed by atoms with van der Waals surface area (Å²) in [6.07, 6.45) is 0.422. The van der Waals surface area contributed by atoms with Crippen LogP contribution in [0.15, 0.2) is 11.6 Å². The number of amides is 1. The van der Waals surface area contributed by atoms with Crippen LogP contribution in [0.25, 0.3) is 0 Å². The van der Waals surface area contributed by atoms with Gasteiger partial charge in [-0.25, -0.2) is 9.18 Å². The zero-order valence-electron chi connectivity index (χ0n) is 7.95. The summed E-state index contributed by atoms with van der Waals surface area (Å²) >= 11 is 5.36. The van der Waals surface area contributed by atoms with E-state index in [-0.39, 0.29) is 24.6 Å². The fourth-order valence-corrected chi connectivity index (χ4v) is 1.66. The summed E-state index contributed by atoms with van der Waals surface area (Å²) < 4.78 is 12.6. The number of halogens is 2. The van der Waals surface area contributed by atoms with Crippen LogP contribution in [0.4, 0.5) is 9.18 Å². The highest BCUT2D eigenvalue weighted by Crippen LogP contribution is 2.19. The van der Waals surface area contributed by atoms with Crippen molar-refractivity contribution in [2.75, 3.05) is 19.1 Å². The number of Topliss-reactive ketones (excluding diaryl/α,β-unsaturated/α-hetero) is 1. The molecular weight excluding hydrogens is 225 g/mol. The van der Waals surface area contributed by atoms with Gasteiger partial charge in [0, 0.05) is 6.54 Å². The van der Waals surface area contributed by atoms with E-state index in [1.54, 1.807) is 0 Å². The summed E-state index contributed by atoms with van der Waals surface area (Å²) in [7, 11) is 0. The van der Waals surface area contributed by atoms with Gasteiger partial charge in [-0.2, -0.15) is 0 Å². The summed E-state index contributed by atoms with van der Waals surface area (Å²) in [5.41, 5.74) is 0.421. The predicted molar refractivity (Wildman–Crippen MR) is 52.9 cm³/mol. The molecular formula is C9H11ClFNO3. The van der Waals surface area contributed by atoms with Crippen LogP contribution in [0.2, 0.25) is 0 Å². The third kappa shape index (κ3) is 2.68. The molecule has 1 heterocycles. The molecule has 0 aromatic heterocycles. The Morgan fingerprint density at radius 1 is 1.67 bits per heavy atom. The van der Waals surface area contributed by atoms with Crippen molar-refractivity contribution < 1.29 is 19.1 Å². The molecule has 1 atom stereocenters. The van der Waals surface area contributed by atoms with Crippen LogP contribution in [0.5, 0.6) is 0 Å². The van der Waals surface area contributed by atoms with Crippen LogP contribution >= 0.6 is 11.6 Å². The maximum Gasteiger partial charge on any atom is 0.407 e. The Hall–Kier alpha value is -1.10. The Morgan fingerprint density at radius 2 is 2.33 bits per heavy atom. The topological polar surface area (TPSA) is 57.6 Å². The molecule has 0 bridgehead atoms. The predicted octanol–water partition coefficient (Wildman–Crippen LogP) is 1.44. The highest BCUT2D eigenvalue weighted by Gasteiger charge is 2.28. The minimum absolute atomic E-state index is 0.0435. The number of hydrogen-bond donors (Lipinski definition) is 1. The second kappa shape index (κ2) is 5.11. The molecule has 1 rings (SSSR count). The van der Waals surface area contributed by atoms with Gasteiger partial charge >= 0.3 is 6.09 Å². The lowest BCUT2D eigenvalue weighted by Gasteiger charge is -2.30. The largest absolute Gasteiger partial charge is 0.465 e. The standard InChI is InChI=1S/C9H11ClFNO3/c10-4-8(13)6-1-2-12(9(14)15)7(3-6)5-11/h1,7H,2-5H2,(H,14,15)/t7-/m0/s1. The van der Waals surface area contributed by atoms with E-state index in [1.165, 1.54) is 6.08 Å². The minimum Gasteiger partial charge on any atom is -0.465 e. The van der Waals surface area contributed by atoms with E-state index in [0.717, 1.165) is 4.90 Å². The minimum atomic E-state index is -1.17. The van der Waals surface area contributed by atoms with Crippen molar-refractivity contribution >= 4 is 23.5 Å². The summed E-state index contributed by atoms with van der Waals surface area (Å²) in [6, 6.07) is -0.769. The molecule has 0 aliphatic carbocycles. The first-order valence-corrected chi connectivity index (χ1v) is 4.97. The van der Waals surface area contributed by atoms with Gasteiger partial charge in [0.2, 0.25) is 0 Å². The molecule has 0 spiro atoms. The third-order valence-corrected chi connectivity index (χ3v) is 2.58. The maximum absolute atomic E-state index is 12.6. The molecule has 84 valence electrons. The van der Waals surface area contributed by atoms with E-state index in [1.807, 2.05) is 0 Å². The lowest BCUT2D eigenvalue weighted by molar-refractivity contribution is -0.113. The van der Waals surface area contributed by atoms with Gasteiger partial charge < -0.3 is 5.11 Å². The van der Waals surface area contributed by atoms with E-state index in [0.29, 0.717) is 5.57 Å². The van der Waals surface area contributed by atoms with Crippen LogP contribution in [0, 0.1) is 0 Å². The van der Waals surface area contributed by atoms with Gasteiger partial charge in [-0.3, -0.25) is 9.69 Å². The monoisotopic (exact) mass is 235 g/mol. The van der Waals surface area contributed by atoms with Crippen molar-refractivity contribution in [3.63, 3.8) is 0 Å². The zero-order valence-corrected chi connectivity index (χ0v) is 8.71. The van der Waals surface area contributed by atoms with Crippen LogP contribution < -0.4 is 0 Å². The normalized spacial score (nSPS) is 21.1. The Kier molecular flexibility index (Phi) is 4.08. The first kappa shape index (κ1) is 12.0. The van der Waals surface area contributed by atoms with Gasteiger partial charge in [0.05, 0.1) is 11.9 Å². The number of alkyl halides is 2. The molecule has 15 heavy (non-hydrogen) atoms. The van der Waals surface area contributed by atoms with Crippen molar-refractivity contribution in [1.82, 2.24) is 4.90 Å². The van der Waals surface area contributed by atoms with Crippen molar-refractivity contribution in [1.29, 1.82) is 0 Å². The number of carbonyl (C=O) groups is 2. The highest BCUT2D eigenvalue weighted by molar-refractivity contribution is 6.30. The van der Waals surface area contributed by atoms with Crippen LogP contribution in [0.1, 0.15) is 6.42 Å². The highest BCUT2D eigenvalue weighted by atomic mass is 35.5. The summed E-state index contributed by atoms with van der Waals surface area (Å²) in [6.45, 7) is -0.749. The number of ketones is 1. The maximum atomic E-state index is 12.6. The SMILES string of the molecule is O=C(CCl)C1=CCN(C(=O)O)[C@H](CF)C1. The Morgan fingerprint density at radius 3 is 2.80 bits per heavy atom. The van der Waals surface area contributed by atoms with E-state index < -0.39 is 18.8 Å². The quantitative estimate of drug-likeness (QED) is 0.753. The molecule has 1 amide bonds. The molecule has 0 radical (unpaired) electrons. The van der Waals surface area contributed by atoms with Crippen molar-refractivity contribution in [2.24, 2.45) is 0 Å². The van der Waals surface area contributed by atoms with E-state index in [9.17, 15) is 14.0 Å². The van der Waals surface area contributed by atoms with Gasteiger partial charge in [0.1, 0.15) is 6.67 Å². The van der Waals surface area contributed by atoms with Crippen LogP contribution in [0.3, 0.4) is 0 Å². The Bertz CT molecular complexity index is 306. The average molecular weight is 236 g/mol. The molecule has 0 saturated heterocycles. The number of hydrogen-bond acceptors (Lipinski definition) is 2. The van der Waals surface area contributed by atoms with Gasteiger partial charge in [0.15, 0.2) is 5.78 Å². The summed E-state index contributed by atoms with van der Waals surface area (Å²) in [5.74, 6) is -0.419. The smallest absolute Gasteiger partial charge is 0.407 e. The van der Waals surface area contributed by atoms with Crippen molar-refractivity contribution in [3.05, 3.63) is 11.6 Å². The fraction of sp³-hybridized carbons (Fsp3) is 0.556. The fourth-order valence-electron chi connectivity index (χ4n) is 1.49. The van der Waals surface area contributed by atoms with E-state index >= 15 is 0 Å². The van der Waals surface area contributed by atoms with Crippen LogP contribution in [-0.2, 0) is 4.79 Å². The van der Waals surface area contributed by atoms with Crippen molar-refractivity contribution in [2.45, 2.75) is 12.5 Å². The first-order valence-electron chi connectivity index (χ1n) is 4.43. The second-order valence-corrected chi connectivity index (χ2v) is 3.50. The van der Waals surface area contributed by atoms with Gasteiger partial charge in [-0.05, 0) is 12.0 Å². The average Bonchev–Trinajstić information content (AvgIpc) is 2.26. The molecule has 0 saturated carbocycles. The number of carbonyl (C=O) groups excluding carboxylic acids is 1. The zero-order chi connectivity index (χ0) is 11.4. The van der Waals surface area contributed by atoms with E-state index in [2.05, 4.69) is 0 Å². The van der Waals surface area contributed by atoms with Crippen molar-refractivity contribution in [3.8, 4) is 0 Å². The molecule has 0 aromatic carbocycles. The van der Waals surface area contributed by atoms with Crippen LogP contribution in [-0.4, -0.2) is 47.0 Å². The lowest BCUT2D eigenvalue weighted by atomic mass is 9.98. The molecule has 4 nitrogen and oxygen atoms in total. The number of carboxylic acid groups (broad SMARTS) is 1. The molecule has 0 aromatic rings. The Balaban J connectivity index is 2.77. The molecule has 6 heteroatoms. The molecule has 0 unspecified atom stereocenters. The van der Waals surface area contributed by atoms with Gasteiger partial charge in [-0.15, -0.1) is 11.6 Å². The van der Waals surface area contributed by atoms with Gasteiger partial charge in [-0.1, -0.05) is 6.08 Å². The number of nitrogens with zero attached hydrogens (tertiary/aromatic N) is 1. The lowest BCUT2D eigenvalue weighted by Crippen LogP contribution is -2.44. The van der Waals surface area contributed by atoms with Gasteiger partial charge in [0.25, 0.3) is 0 Å². The third-order valence-electron chi connectivity index (χ3n) is 2.33. The van der Waals surface area contributed by atoms with E-state index in [4.69, 9.17) is 16.7 Å². The summed E-state index contributed by atoms with van der Waals surface area (Å²) in [4.78, 5) is 22.9. The Labute approximate surface area is 91.3 Å². The number of rotatable bonds is 3. The molecule has 1 aliphatic rings. The molecule has 0 fully saturated rings. The first-order chi connectivity index (χ1) is 7.10. The second-order valence-electron chi connectivity index (χ2n) is 3.23. The summed E-state index contributed by atoms with van der Waals surface area (Å²) in [5, 5.41) is 8.74.